The summed E-state index contributed by atoms with van der Waals surface area (Å²) in [6.45, 7) is 10.6. The van der Waals surface area contributed by atoms with Crippen molar-refractivity contribution in [2.24, 2.45) is 17.3 Å². The summed E-state index contributed by atoms with van der Waals surface area (Å²) < 4.78 is 5.08. The van der Waals surface area contributed by atoms with Crippen LogP contribution in [0.2, 0.25) is 0 Å². The van der Waals surface area contributed by atoms with E-state index >= 15 is 0 Å². The molecule has 0 saturated carbocycles. The van der Waals surface area contributed by atoms with E-state index in [-0.39, 0.29) is 35.0 Å². The highest BCUT2D eigenvalue weighted by atomic mass is 16.5. The first-order valence-corrected chi connectivity index (χ1v) is 9.48. The van der Waals surface area contributed by atoms with Gasteiger partial charge in [0.05, 0.1) is 12.5 Å². The highest BCUT2D eigenvalue weighted by Crippen LogP contribution is 2.26. The minimum absolute atomic E-state index is 0.00293. The molecule has 2 heterocycles. The third kappa shape index (κ3) is 4.95. The second kappa shape index (κ2) is 8.19. The van der Waals surface area contributed by atoms with Gasteiger partial charge in [-0.25, -0.2) is 0 Å². The second-order valence-corrected chi connectivity index (χ2v) is 8.17. The van der Waals surface area contributed by atoms with Gasteiger partial charge in [-0.15, -0.1) is 0 Å². The fourth-order valence-electron chi connectivity index (χ4n) is 3.66. The predicted octanol–water partition coefficient (Wildman–Crippen LogP) is 2.07. The number of carbonyl (C=O) groups is 3. The van der Waals surface area contributed by atoms with Crippen molar-refractivity contribution in [2.75, 3.05) is 32.8 Å². The molecule has 2 aliphatic heterocycles. The Kier molecular flexibility index (Phi) is 6.47. The van der Waals surface area contributed by atoms with Crippen LogP contribution >= 0.6 is 0 Å². The van der Waals surface area contributed by atoms with Crippen molar-refractivity contribution in [3.05, 3.63) is 0 Å². The third-order valence-corrected chi connectivity index (χ3v) is 5.20. The van der Waals surface area contributed by atoms with E-state index in [1.165, 1.54) is 0 Å². The number of esters is 1. The number of piperidine rings is 2. The molecule has 6 nitrogen and oxygen atoms in total. The van der Waals surface area contributed by atoms with Crippen LogP contribution < -0.4 is 0 Å². The van der Waals surface area contributed by atoms with Crippen molar-refractivity contribution in [2.45, 2.75) is 53.4 Å². The maximum atomic E-state index is 12.7. The molecular formula is C19H32N2O4. The van der Waals surface area contributed by atoms with Gasteiger partial charge in [0.15, 0.2) is 0 Å². The molecule has 2 fully saturated rings. The lowest BCUT2D eigenvalue weighted by molar-refractivity contribution is -0.152. The molecule has 6 heteroatoms. The summed E-state index contributed by atoms with van der Waals surface area (Å²) in [4.78, 5) is 40.6. The van der Waals surface area contributed by atoms with E-state index in [1.807, 2.05) is 37.5 Å². The van der Waals surface area contributed by atoms with E-state index in [4.69, 9.17) is 4.74 Å². The van der Waals surface area contributed by atoms with Crippen molar-refractivity contribution in [3.8, 4) is 0 Å². The topological polar surface area (TPSA) is 66.9 Å². The summed E-state index contributed by atoms with van der Waals surface area (Å²) in [7, 11) is 0. The van der Waals surface area contributed by atoms with Crippen LogP contribution in [0.4, 0.5) is 0 Å². The molecule has 2 amide bonds. The van der Waals surface area contributed by atoms with Crippen LogP contribution in [0.1, 0.15) is 53.4 Å². The normalized spacial score (nSPS) is 20.5. The molecule has 0 atom stereocenters. The molecular weight excluding hydrogens is 320 g/mol. The fourth-order valence-corrected chi connectivity index (χ4v) is 3.66. The van der Waals surface area contributed by atoms with Gasteiger partial charge in [-0.05, 0) is 32.6 Å². The lowest BCUT2D eigenvalue weighted by Crippen LogP contribution is -2.49. The van der Waals surface area contributed by atoms with Crippen LogP contribution in [-0.4, -0.2) is 60.4 Å². The molecule has 142 valence electrons. The predicted molar refractivity (Wildman–Crippen MR) is 94.7 cm³/mol. The quantitative estimate of drug-likeness (QED) is 0.729. The van der Waals surface area contributed by atoms with Crippen molar-refractivity contribution in [1.82, 2.24) is 9.80 Å². The van der Waals surface area contributed by atoms with Crippen molar-refractivity contribution < 1.29 is 19.1 Å². The first kappa shape index (κ1) is 19.7. The Hall–Kier alpha value is -1.59. The number of amides is 2. The maximum Gasteiger partial charge on any atom is 0.309 e. The highest BCUT2D eigenvalue weighted by molar-refractivity contribution is 5.83. The summed E-state index contributed by atoms with van der Waals surface area (Å²) in [6.07, 6.45) is 2.84. The Morgan fingerprint density at radius 2 is 1.36 bits per heavy atom. The summed E-state index contributed by atoms with van der Waals surface area (Å²) in [6, 6.07) is 0. The molecule has 0 unspecified atom stereocenters. The SMILES string of the molecule is CCOC(=O)C1CCN(C(=O)C2CCN(C(=O)C(C)(C)C)CC2)CC1. The highest BCUT2D eigenvalue weighted by Gasteiger charge is 2.35. The molecule has 0 aromatic heterocycles. The van der Waals surface area contributed by atoms with E-state index in [9.17, 15) is 14.4 Å². The van der Waals surface area contributed by atoms with Gasteiger partial charge in [0.1, 0.15) is 0 Å². The van der Waals surface area contributed by atoms with Gasteiger partial charge in [-0.2, -0.15) is 0 Å². The minimum atomic E-state index is -0.369. The van der Waals surface area contributed by atoms with Crippen molar-refractivity contribution in [3.63, 3.8) is 0 Å². The number of nitrogens with zero attached hydrogens (tertiary/aromatic N) is 2. The van der Waals surface area contributed by atoms with E-state index in [0.29, 0.717) is 45.6 Å². The van der Waals surface area contributed by atoms with Crippen LogP contribution in [0.25, 0.3) is 0 Å². The van der Waals surface area contributed by atoms with Gasteiger partial charge in [-0.1, -0.05) is 20.8 Å². The van der Waals surface area contributed by atoms with Gasteiger partial charge >= 0.3 is 5.97 Å². The molecule has 2 aliphatic rings. The minimum Gasteiger partial charge on any atom is -0.466 e. The van der Waals surface area contributed by atoms with Gasteiger partial charge < -0.3 is 14.5 Å². The zero-order chi connectivity index (χ0) is 18.6. The van der Waals surface area contributed by atoms with Crippen LogP contribution in [0.5, 0.6) is 0 Å². The zero-order valence-electron chi connectivity index (χ0n) is 16.0. The van der Waals surface area contributed by atoms with Gasteiger partial charge in [0.2, 0.25) is 11.8 Å². The molecule has 25 heavy (non-hydrogen) atoms. The van der Waals surface area contributed by atoms with E-state index in [2.05, 4.69) is 0 Å². The summed E-state index contributed by atoms with van der Waals surface area (Å²) >= 11 is 0. The molecule has 0 N–H and O–H groups in total. The Morgan fingerprint density at radius 3 is 1.84 bits per heavy atom. The first-order valence-electron chi connectivity index (χ1n) is 9.48. The average Bonchev–Trinajstić information content (AvgIpc) is 2.60. The average molecular weight is 352 g/mol. The molecule has 0 aromatic rings. The van der Waals surface area contributed by atoms with E-state index in [0.717, 1.165) is 12.8 Å². The monoisotopic (exact) mass is 352 g/mol. The van der Waals surface area contributed by atoms with Gasteiger partial charge in [0, 0.05) is 37.5 Å². The number of ether oxygens (including phenoxy) is 1. The standard InChI is InChI=1S/C19H32N2O4/c1-5-25-17(23)15-8-10-20(11-9-15)16(22)14-6-12-21(13-7-14)18(24)19(2,3)4/h14-15H,5-13H2,1-4H3. The second-order valence-electron chi connectivity index (χ2n) is 8.17. The molecule has 0 bridgehead atoms. The van der Waals surface area contributed by atoms with E-state index < -0.39 is 0 Å². The van der Waals surface area contributed by atoms with Crippen LogP contribution in [0.15, 0.2) is 0 Å². The molecule has 2 rings (SSSR count). The Morgan fingerprint density at radius 1 is 0.880 bits per heavy atom. The van der Waals surface area contributed by atoms with Gasteiger partial charge in [-0.3, -0.25) is 14.4 Å². The largest absolute Gasteiger partial charge is 0.466 e. The van der Waals surface area contributed by atoms with Crippen LogP contribution in [0.3, 0.4) is 0 Å². The van der Waals surface area contributed by atoms with Crippen LogP contribution in [-0.2, 0) is 19.1 Å². The summed E-state index contributed by atoms with van der Waals surface area (Å²) in [5.41, 5.74) is -0.369. The smallest absolute Gasteiger partial charge is 0.309 e. The number of hydrogen-bond acceptors (Lipinski definition) is 4. The Balaban J connectivity index is 1.80. The van der Waals surface area contributed by atoms with Gasteiger partial charge in [0.25, 0.3) is 0 Å². The number of carbonyl (C=O) groups excluding carboxylic acids is 3. The number of likely N-dealkylation sites (tertiary alicyclic amines) is 2. The lowest BCUT2D eigenvalue weighted by atomic mass is 9.89. The summed E-state index contributed by atoms with van der Waals surface area (Å²) in [5.74, 6) is 0.140. The third-order valence-electron chi connectivity index (χ3n) is 5.20. The molecule has 0 aromatic carbocycles. The van der Waals surface area contributed by atoms with Crippen molar-refractivity contribution >= 4 is 17.8 Å². The summed E-state index contributed by atoms with van der Waals surface area (Å²) in [5, 5.41) is 0. The van der Waals surface area contributed by atoms with E-state index in [1.54, 1.807) is 0 Å². The molecule has 0 aliphatic carbocycles. The molecule has 0 spiro atoms. The first-order chi connectivity index (χ1) is 11.7. The lowest BCUT2D eigenvalue weighted by Gasteiger charge is -2.38. The Bertz CT molecular complexity index is 496. The fraction of sp³-hybridized carbons (Fsp3) is 0.842. The Labute approximate surface area is 150 Å². The molecule has 2 saturated heterocycles. The number of hydrogen-bond donors (Lipinski definition) is 0. The number of rotatable bonds is 3. The van der Waals surface area contributed by atoms with Crippen LogP contribution in [0, 0.1) is 17.3 Å². The zero-order valence-corrected chi connectivity index (χ0v) is 16.0. The molecule has 0 radical (unpaired) electrons. The maximum absolute atomic E-state index is 12.7. The van der Waals surface area contributed by atoms with Crippen molar-refractivity contribution in [1.29, 1.82) is 0 Å².